The second-order valence-electron chi connectivity index (χ2n) is 8.96. The number of phenolic OH excluding ortho intramolecular Hbond substituents is 1. The van der Waals surface area contributed by atoms with Crippen LogP contribution in [-0.4, -0.2) is 73.5 Å². The summed E-state index contributed by atoms with van der Waals surface area (Å²) in [7, 11) is 3.01. The Kier molecular flexibility index (Phi) is 4.57. The SMILES string of the molecule is CN(C)C1C(=O)/C(=C(/N)O)C(=O)C2(O)C(=O)C3=C(O)c4c(O)cccc4C(C)(O)C3CC12. The maximum Gasteiger partial charge on any atom is 0.211 e. The van der Waals surface area contributed by atoms with Crippen molar-refractivity contribution in [2.75, 3.05) is 14.1 Å². The number of carbonyl (C=O) groups is 3. The molecule has 1 aromatic carbocycles. The van der Waals surface area contributed by atoms with E-state index in [1.807, 2.05) is 0 Å². The van der Waals surface area contributed by atoms with E-state index in [2.05, 4.69) is 0 Å². The minimum atomic E-state index is -2.82. The van der Waals surface area contributed by atoms with Crippen LogP contribution in [0.2, 0.25) is 0 Å². The number of hydrogen-bond acceptors (Lipinski definition) is 10. The Morgan fingerprint density at radius 2 is 1.75 bits per heavy atom. The molecular weight excluding hydrogens is 420 g/mol. The van der Waals surface area contributed by atoms with Gasteiger partial charge in [-0.1, -0.05) is 12.1 Å². The van der Waals surface area contributed by atoms with Gasteiger partial charge < -0.3 is 31.3 Å². The first-order valence-electron chi connectivity index (χ1n) is 9.97. The molecule has 0 aromatic heterocycles. The third kappa shape index (κ3) is 2.48. The Balaban J connectivity index is 2.03. The number of aliphatic hydroxyl groups excluding tert-OH is 2. The molecule has 0 heterocycles. The average molecular weight is 444 g/mol. The monoisotopic (exact) mass is 444 g/mol. The summed E-state index contributed by atoms with van der Waals surface area (Å²) in [5.41, 5.74) is -0.589. The molecule has 10 nitrogen and oxygen atoms in total. The van der Waals surface area contributed by atoms with Crippen molar-refractivity contribution < 1.29 is 39.9 Å². The van der Waals surface area contributed by atoms with Gasteiger partial charge in [-0.3, -0.25) is 19.3 Å². The number of fused-ring (bicyclic) bond motifs is 3. The van der Waals surface area contributed by atoms with Gasteiger partial charge in [0, 0.05) is 17.4 Å². The van der Waals surface area contributed by atoms with E-state index >= 15 is 0 Å². The molecule has 0 radical (unpaired) electrons. The zero-order chi connectivity index (χ0) is 23.9. The van der Waals surface area contributed by atoms with Crippen LogP contribution in [0.1, 0.15) is 24.5 Å². The van der Waals surface area contributed by atoms with Crippen molar-refractivity contribution >= 4 is 23.1 Å². The van der Waals surface area contributed by atoms with Crippen molar-refractivity contribution in [3.8, 4) is 5.75 Å². The second kappa shape index (κ2) is 6.64. The van der Waals surface area contributed by atoms with Crippen LogP contribution in [0.3, 0.4) is 0 Å². The average Bonchev–Trinajstić information content (AvgIpc) is 2.68. The summed E-state index contributed by atoms with van der Waals surface area (Å²) in [4.78, 5) is 41.2. The van der Waals surface area contributed by atoms with Crippen LogP contribution >= 0.6 is 0 Å². The molecule has 10 heteroatoms. The number of likely N-dealkylation sites (N-methyl/N-ethyl adjacent to an activating group) is 1. The second-order valence-corrected chi connectivity index (χ2v) is 8.96. The number of nitrogens with two attached hydrogens (primary N) is 1. The summed E-state index contributed by atoms with van der Waals surface area (Å²) in [5.74, 6) is -8.00. The quantitative estimate of drug-likeness (QED) is 0.145. The molecule has 5 atom stereocenters. The molecule has 5 unspecified atom stereocenters. The van der Waals surface area contributed by atoms with E-state index in [4.69, 9.17) is 5.73 Å². The van der Waals surface area contributed by atoms with Gasteiger partial charge in [0.2, 0.25) is 11.6 Å². The molecule has 170 valence electrons. The summed E-state index contributed by atoms with van der Waals surface area (Å²) in [5, 5.41) is 53.9. The van der Waals surface area contributed by atoms with E-state index in [0.29, 0.717) is 0 Å². The lowest BCUT2D eigenvalue weighted by molar-refractivity contribution is -0.169. The third-order valence-electron chi connectivity index (χ3n) is 7.01. The highest BCUT2D eigenvalue weighted by Crippen LogP contribution is 2.56. The Morgan fingerprint density at radius 1 is 1.12 bits per heavy atom. The molecule has 2 fully saturated rings. The Hall–Kier alpha value is -3.21. The fraction of sp³-hybridized carbons (Fsp3) is 0.409. The van der Waals surface area contributed by atoms with Gasteiger partial charge in [0.25, 0.3) is 0 Å². The largest absolute Gasteiger partial charge is 0.507 e. The van der Waals surface area contributed by atoms with Crippen molar-refractivity contribution in [1.82, 2.24) is 4.90 Å². The van der Waals surface area contributed by atoms with E-state index in [0.717, 1.165) is 0 Å². The number of phenols is 1. The molecule has 0 spiro atoms. The lowest BCUT2D eigenvalue weighted by Gasteiger charge is -2.53. The number of aromatic hydroxyl groups is 1. The smallest absolute Gasteiger partial charge is 0.211 e. The fourth-order valence-electron chi connectivity index (χ4n) is 5.49. The number of hydrogen-bond donors (Lipinski definition) is 6. The van der Waals surface area contributed by atoms with Crippen LogP contribution in [0.5, 0.6) is 5.75 Å². The van der Waals surface area contributed by atoms with Crippen LogP contribution in [-0.2, 0) is 20.0 Å². The summed E-state index contributed by atoms with van der Waals surface area (Å²) < 4.78 is 0. The summed E-state index contributed by atoms with van der Waals surface area (Å²) in [6, 6.07) is 3.00. The van der Waals surface area contributed by atoms with Crippen molar-refractivity contribution in [3.63, 3.8) is 0 Å². The summed E-state index contributed by atoms with van der Waals surface area (Å²) in [6.45, 7) is 1.40. The predicted octanol–water partition coefficient (Wildman–Crippen LogP) is -0.371. The molecule has 3 aliphatic carbocycles. The Labute approximate surface area is 182 Å². The maximum atomic E-state index is 13.6. The normalized spacial score (nSPS) is 36.1. The van der Waals surface area contributed by atoms with Crippen LogP contribution in [0.25, 0.3) is 5.76 Å². The number of benzene rings is 1. The van der Waals surface area contributed by atoms with Gasteiger partial charge >= 0.3 is 0 Å². The highest BCUT2D eigenvalue weighted by molar-refractivity contribution is 6.35. The van der Waals surface area contributed by atoms with Crippen LogP contribution in [0, 0.1) is 11.8 Å². The van der Waals surface area contributed by atoms with Crippen molar-refractivity contribution in [2.24, 2.45) is 17.6 Å². The number of nitrogens with zero attached hydrogens (tertiary/aromatic N) is 1. The van der Waals surface area contributed by atoms with E-state index in [1.165, 1.54) is 44.1 Å². The molecule has 2 saturated carbocycles. The van der Waals surface area contributed by atoms with Gasteiger partial charge in [-0.05, 0) is 39.1 Å². The van der Waals surface area contributed by atoms with E-state index in [1.54, 1.807) is 0 Å². The molecule has 32 heavy (non-hydrogen) atoms. The molecule has 7 N–H and O–H groups in total. The number of rotatable bonds is 1. The molecule has 3 aliphatic rings. The zero-order valence-electron chi connectivity index (χ0n) is 17.7. The molecule has 1 aromatic rings. The first-order valence-corrected chi connectivity index (χ1v) is 9.97. The number of Topliss-reactive ketones (excluding diaryl/α,β-unsaturated/α-hetero) is 3. The maximum absolute atomic E-state index is 13.6. The molecule has 0 aliphatic heterocycles. The number of carbonyl (C=O) groups excluding carboxylic acids is 3. The lowest BCUT2D eigenvalue weighted by Crippen LogP contribution is -2.70. The summed E-state index contributed by atoms with van der Waals surface area (Å²) >= 11 is 0. The fourth-order valence-corrected chi connectivity index (χ4v) is 5.49. The molecule has 0 saturated heterocycles. The lowest BCUT2D eigenvalue weighted by atomic mass is 9.53. The topological polar surface area (TPSA) is 182 Å². The van der Waals surface area contributed by atoms with Gasteiger partial charge in [-0.15, -0.1) is 0 Å². The number of ketones is 3. The van der Waals surface area contributed by atoms with Crippen molar-refractivity contribution in [2.45, 2.75) is 30.6 Å². The Morgan fingerprint density at radius 3 is 2.31 bits per heavy atom. The first kappa shape index (κ1) is 22.0. The van der Waals surface area contributed by atoms with Gasteiger partial charge in [0.15, 0.2) is 17.3 Å². The molecular formula is C22H24N2O8. The highest BCUT2D eigenvalue weighted by Gasteiger charge is 2.68. The predicted molar refractivity (Wildman–Crippen MR) is 110 cm³/mol. The van der Waals surface area contributed by atoms with Crippen LogP contribution in [0.4, 0.5) is 0 Å². The van der Waals surface area contributed by atoms with Gasteiger partial charge in [-0.25, -0.2) is 0 Å². The number of aliphatic hydroxyl groups is 4. The van der Waals surface area contributed by atoms with E-state index < -0.39 is 75.0 Å². The minimum absolute atomic E-state index is 0.164. The molecule has 4 rings (SSSR count). The highest BCUT2D eigenvalue weighted by atomic mass is 16.3. The molecule has 0 bridgehead atoms. The van der Waals surface area contributed by atoms with Gasteiger partial charge in [0.1, 0.15) is 17.1 Å². The first-order chi connectivity index (χ1) is 14.8. The van der Waals surface area contributed by atoms with Crippen LogP contribution in [0.15, 0.2) is 35.2 Å². The van der Waals surface area contributed by atoms with E-state index in [-0.39, 0.29) is 17.5 Å². The molecule has 0 amide bonds. The van der Waals surface area contributed by atoms with Gasteiger partial charge in [0.05, 0.1) is 17.2 Å². The van der Waals surface area contributed by atoms with Crippen LogP contribution < -0.4 is 5.73 Å². The zero-order valence-corrected chi connectivity index (χ0v) is 17.7. The summed E-state index contributed by atoms with van der Waals surface area (Å²) in [6.07, 6.45) is -0.220. The van der Waals surface area contributed by atoms with Gasteiger partial charge in [-0.2, -0.15) is 0 Å². The van der Waals surface area contributed by atoms with Crippen molar-refractivity contribution in [1.29, 1.82) is 0 Å². The Bertz CT molecular complexity index is 1140. The standard InChI is InChI=1S/C22H24N2O8/c1-21(31)8-5-4-6-11(25)12(8)16(26)13-9(21)7-10-15(24(2)3)17(27)14(20(23)30)19(29)22(10,32)18(13)28/h4-6,9-10,15,25-26,30-32H,7,23H2,1-3H3/b20-14+. The third-order valence-corrected chi connectivity index (χ3v) is 7.01. The van der Waals surface area contributed by atoms with E-state index in [9.17, 15) is 39.9 Å². The minimum Gasteiger partial charge on any atom is -0.507 e. The van der Waals surface area contributed by atoms with Crippen molar-refractivity contribution in [3.05, 3.63) is 46.4 Å².